The van der Waals surface area contributed by atoms with Gasteiger partial charge < -0.3 is 10.3 Å². The predicted octanol–water partition coefficient (Wildman–Crippen LogP) is 5.42. The van der Waals surface area contributed by atoms with Crippen LogP contribution in [0.15, 0.2) is 65.2 Å². The molecule has 4 aromatic rings. The summed E-state index contributed by atoms with van der Waals surface area (Å²) in [4.78, 5) is 4.78. The van der Waals surface area contributed by atoms with E-state index in [0.29, 0.717) is 6.42 Å². The second-order valence-electron chi connectivity index (χ2n) is 6.84. The van der Waals surface area contributed by atoms with Crippen molar-refractivity contribution < 1.29 is 4.52 Å². The van der Waals surface area contributed by atoms with Crippen LogP contribution in [0.1, 0.15) is 35.5 Å². The van der Waals surface area contributed by atoms with Crippen LogP contribution in [0.3, 0.4) is 0 Å². The van der Waals surface area contributed by atoms with Gasteiger partial charge in [-0.15, -0.1) is 12.4 Å². The first-order chi connectivity index (χ1) is 13.2. The third kappa shape index (κ3) is 3.79. The molecule has 4 rings (SSSR count). The minimum Gasteiger partial charge on any atom is -0.356 e. The Bertz CT molecular complexity index is 1090. The molecule has 2 aromatic carbocycles. The van der Waals surface area contributed by atoms with E-state index in [1.165, 1.54) is 5.56 Å². The van der Waals surface area contributed by atoms with Gasteiger partial charge in [0.05, 0.1) is 0 Å². The molecule has 0 fully saturated rings. The number of nitrogens with zero attached hydrogens (tertiary/aromatic N) is 2. The van der Waals surface area contributed by atoms with Crippen molar-refractivity contribution in [2.75, 3.05) is 0 Å². The minimum absolute atomic E-state index is 0. The van der Waals surface area contributed by atoms with E-state index in [2.05, 4.69) is 43.3 Å². The van der Waals surface area contributed by atoms with E-state index >= 15 is 0 Å². The van der Waals surface area contributed by atoms with E-state index in [1.54, 1.807) is 0 Å². The Kier molecular flexibility index (Phi) is 6.12. The van der Waals surface area contributed by atoms with Gasteiger partial charge in [-0.05, 0) is 42.7 Å². The zero-order chi connectivity index (χ0) is 18.8. The molecule has 2 aromatic heterocycles. The molecule has 1 atom stereocenters. The molecule has 2 N–H and O–H groups in total. The van der Waals surface area contributed by atoms with Gasteiger partial charge in [0.2, 0.25) is 0 Å². The van der Waals surface area contributed by atoms with Crippen molar-refractivity contribution in [3.8, 4) is 11.3 Å². The smallest absolute Gasteiger partial charge is 0.167 e. The highest BCUT2D eigenvalue weighted by molar-refractivity contribution is 5.92. The van der Waals surface area contributed by atoms with E-state index < -0.39 is 0 Å². The van der Waals surface area contributed by atoms with Crippen molar-refractivity contribution >= 4 is 23.4 Å². The van der Waals surface area contributed by atoms with Crippen molar-refractivity contribution in [2.45, 2.75) is 32.7 Å². The number of fused-ring (bicyclic) bond motifs is 1. The number of hydrogen-bond donors (Lipinski definition) is 1. The summed E-state index contributed by atoms with van der Waals surface area (Å²) in [7, 11) is 0. The number of para-hydroxylation sites is 1. The van der Waals surface area contributed by atoms with Crippen LogP contribution in [0.2, 0.25) is 0 Å². The number of hydrogen-bond acceptors (Lipinski definition) is 4. The van der Waals surface area contributed by atoms with Crippen molar-refractivity contribution in [1.29, 1.82) is 0 Å². The van der Waals surface area contributed by atoms with E-state index in [9.17, 15) is 0 Å². The molecule has 0 amide bonds. The van der Waals surface area contributed by atoms with Crippen LogP contribution in [0.4, 0.5) is 0 Å². The fourth-order valence-corrected chi connectivity index (χ4v) is 3.45. The lowest BCUT2D eigenvalue weighted by atomic mass is 9.93. The lowest BCUT2D eigenvalue weighted by Crippen LogP contribution is -2.16. The topological polar surface area (TPSA) is 64.9 Å². The maximum absolute atomic E-state index is 6.64. The summed E-state index contributed by atoms with van der Waals surface area (Å²) in [6.07, 6.45) is 1.61. The van der Waals surface area contributed by atoms with Gasteiger partial charge in [-0.1, -0.05) is 54.5 Å². The van der Waals surface area contributed by atoms with Crippen LogP contribution in [0.25, 0.3) is 22.2 Å². The molecule has 0 aliphatic carbocycles. The first-order valence-corrected chi connectivity index (χ1v) is 9.32. The van der Waals surface area contributed by atoms with Gasteiger partial charge in [0.25, 0.3) is 0 Å². The summed E-state index contributed by atoms with van der Waals surface area (Å²) >= 11 is 0. The fraction of sp³-hybridized carbons (Fsp3) is 0.217. The molecule has 144 valence electrons. The van der Waals surface area contributed by atoms with E-state index in [4.69, 9.17) is 15.2 Å². The van der Waals surface area contributed by atoms with Crippen molar-refractivity contribution in [3.05, 3.63) is 83.2 Å². The largest absolute Gasteiger partial charge is 0.356 e. The number of halogens is 1. The Balaban J connectivity index is 0.00000225. The van der Waals surface area contributed by atoms with Crippen LogP contribution in [0.5, 0.6) is 0 Å². The molecule has 28 heavy (non-hydrogen) atoms. The Labute approximate surface area is 171 Å². The van der Waals surface area contributed by atoms with Gasteiger partial charge in [-0.3, -0.25) is 4.98 Å². The summed E-state index contributed by atoms with van der Waals surface area (Å²) in [6, 6.07) is 20.1. The first kappa shape index (κ1) is 20.1. The second kappa shape index (κ2) is 8.55. The van der Waals surface area contributed by atoms with E-state index in [1.807, 2.05) is 36.4 Å². The molecule has 0 radical (unpaired) electrons. The molecule has 0 bridgehead atoms. The summed E-state index contributed by atoms with van der Waals surface area (Å²) in [5, 5.41) is 5.31. The number of rotatable bonds is 5. The van der Waals surface area contributed by atoms with Gasteiger partial charge in [0.15, 0.2) is 5.58 Å². The van der Waals surface area contributed by atoms with Gasteiger partial charge in [-0.25, -0.2) is 0 Å². The molecule has 2 heterocycles. The van der Waals surface area contributed by atoms with Crippen LogP contribution in [0, 0.1) is 6.92 Å². The fourth-order valence-electron chi connectivity index (χ4n) is 3.45. The zero-order valence-electron chi connectivity index (χ0n) is 16.1. The SMILES string of the molecule is CCc1ccc(C)c(CC(N)c2ccccc2-c2noc3ccccc23)n1.Cl. The van der Waals surface area contributed by atoms with Crippen molar-refractivity contribution in [3.63, 3.8) is 0 Å². The third-order valence-electron chi connectivity index (χ3n) is 5.03. The molecule has 0 saturated heterocycles. The number of aryl methyl sites for hydroxylation is 2. The van der Waals surface area contributed by atoms with Crippen molar-refractivity contribution in [1.82, 2.24) is 10.1 Å². The van der Waals surface area contributed by atoms with Crippen LogP contribution >= 0.6 is 12.4 Å². The first-order valence-electron chi connectivity index (χ1n) is 9.32. The third-order valence-corrected chi connectivity index (χ3v) is 5.03. The Morgan fingerprint density at radius 1 is 1.00 bits per heavy atom. The normalized spacial score (nSPS) is 12.0. The maximum atomic E-state index is 6.64. The average Bonchev–Trinajstić information content (AvgIpc) is 3.13. The maximum Gasteiger partial charge on any atom is 0.167 e. The Hall–Kier alpha value is -2.69. The van der Waals surface area contributed by atoms with Gasteiger partial charge >= 0.3 is 0 Å². The Morgan fingerprint density at radius 3 is 2.57 bits per heavy atom. The lowest BCUT2D eigenvalue weighted by Gasteiger charge is -2.17. The summed E-state index contributed by atoms with van der Waals surface area (Å²) in [6.45, 7) is 4.21. The molecular weight excluding hydrogens is 370 g/mol. The highest BCUT2D eigenvalue weighted by atomic mass is 35.5. The quantitative estimate of drug-likeness (QED) is 0.491. The molecule has 5 heteroatoms. The molecular formula is C23H24ClN3O. The Morgan fingerprint density at radius 2 is 1.75 bits per heavy atom. The monoisotopic (exact) mass is 393 g/mol. The predicted molar refractivity (Wildman–Crippen MR) is 116 cm³/mol. The van der Waals surface area contributed by atoms with Crippen LogP contribution in [-0.4, -0.2) is 10.1 Å². The number of nitrogens with two attached hydrogens (primary N) is 1. The summed E-state index contributed by atoms with van der Waals surface area (Å²) < 4.78 is 5.50. The van der Waals surface area contributed by atoms with Gasteiger partial charge in [-0.2, -0.15) is 0 Å². The highest BCUT2D eigenvalue weighted by Crippen LogP contribution is 2.33. The molecule has 0 aliphatic heterocycles. The summed E-state index contributed by atoms with van der Waals surface area (Å²) in [5.41, 5.74) is 13.7. The number of aromatic nitrogens is 2. The number of benzene rings is 2. The second-order valence-corrected chi connectivity index (χ2v) is 6.84. The standard InChI is InChI=1S/C23H23N3O.ClH/c1-3-16-13-12-15(2)21(25-16)14-20(24)17-8-4-5-9-18(17)23-19-10-6-7-11-22(19)27-26-23;/h4-13,20H,3,14,24H2,1-2H3;1H. The van der Waals surface area contributed by atoms with Gasteiger partial charge in [0, 0.05) is 34.8 Å². The molecule has 0 spiro atoms. The van der Waals surface area contributed by atoms with Crippen molar-refractivity contribution in [2.24, 2.45) is 5.73 Å². The van der Waals surface area contributed by atoms with Crippen LogP contribution < -0.4 is 5.73 Å². The average molecular weight is 394 g/mol. The van der Waals surface area contributed by atoms with E-state index in [0.717, 1.165) is 45.6 Å². The van der Waals surface area contributed by atoms with Gasteiger partial charge in [0.1, 0.15) is 5.69 Å². The minimum atomic E-state index is -0.171. The summed E-state index contributed by atoms with van der Waals surface area (Å²) in [5.74, 6) is 0. The molecule has 4 nitrogen and oxygen atoms in total. The lowest BCUT2D eigenvalue weighted by molar-refractivity contribution is 0.459. The van der Waals surface area contributed by atoms with E-state index in [-0.39, 0.29) is 18.4 Å². The highest BCUT2D eigenvalue weighted by Gasteiger charge is 2.18. The number of pyridine rings is 1. The van der Waals surface area contributed by atoms with Crippen LogP contribution in [-0.2, 0) is 12.8 Å². The zero-order valence-corrected chi connectivity index (χ0v) is 16.9. The molecule has 0 saturated carbocycles. The molecule has 1 unspecified atom stereocenters. The molecule has 0 aliphatic rings.